The summed E-state index contributed by atoms with van der Waals surface area (Å²) in [5, 5.41) is 9.14. The Morgan fingerprint density at radius 3 is 2.56 bits per heavy atom. The lowest BCUT2D eigenvalue weighted by Crippen LogP contribution is -2.30. The van der Waals surface area contributed by atoms with Crippen LogP contribution in [-0.4, -0.2) is 51.7 Å². The first kappa shape index (κ1) is 19.6. The van der Waals surface area contributed by atoms with Crippen molar-refractivity contribution in [3.05, 3.63) is 22.7 Å². The van der Waals surface area contributed by atoms with E-state index in [0.717, 1.165) is 19.5 Å². The van der Waals surface area contributed by atoms with E-state index in [1.165, 1.54) is 4.57 Å². The summed E-state index contributed by atoms with van der Waals surface area (Å²) in [7, 11) is 0. The van der Waals surface area contributed by atoms with Crippen LogP contribution >= 0.6 is 0 Å². The van der Waals surface area contributed by atoms with Gasteiger partial charge in [0.15, 0.2) is 5.82 Å². The zero-order valence-electron chi connectivity index (χ0n) is 15.6. The molecule has 0 amide bonds. The standard InChI is InChI=1S/C18H30N4O3/c1-13(2)9-21(10-14(3)4)12-19-16-7-8-22(18(24)20-16)17-6-5-15(11-23)25-17/h7-8,12-15,17,23H,5-6,9-11H2,1-4H3/b19-12-/t15-,17+/m0/s1. The molecule has 0 saturated carbocycles. The Balaban J connectivity index is 2.07. The number of aliphatic imine (C=N–C) groups is 1. The Hall–Kier alpha value is -1.73. The van der Waals surface area contributed by atoms with Crippen LogP contribution in [0.4, 0.5) is 5.82 Å². The minimum absolute atomic E-state index is 0.0252. The summed E-state index contributed by atoms with van der Waals surface area (Å²) in [6, 6.07) is 1.72. The van der Waals surface area contributed by atoms with Crippen molar-refractivity contribution >= 4 is 12.2 Å². The molecular weight excluding hydrogens is 320 g/mol. The van der Waals surface area contributed by atoms with Crippen molar-refractivity contribution < 1.29 is 9.84 Å². The lowest BCUT2D eigenvalue weighted by molar-refractivity contribution is -0.0245. The predicted octanol–water partition coefficient (Wildman–Crippen LogP) is 2.19. The molecule has 0 aliphatic carbocycles. The highest BCUT2D eigenvalue weighted by atomic mass is 16.5. The summed E-state index contributed by atoms with van der Waals surface area (Å²) in [6.45, 7) is 10.5. The van der Waals surface area contributed by atoms with Crippen LogP contribution in [0.5, 0.6) is 0 Å². The molecule has 1 aliphatic rings. The average Bonchev–Trinajstić information content (AvgIpc) is 3.00. The first-order chi connectivity index (χ1) is 11.9. The molecule has 1 aromatic rings. The highest BCUT2D eigenvalue weighted by Gasteiger charge is 2.26. The molecule has 25 heavy (non-hydrogen) atoms. The normalized spacial score (nSPS) is 20.9. The van der Waals surface area contributed by atoms with E-state index >= 15 is 0 Å². The molecule has 2 rings (SSSR count). The van der Waals surface area contributed by atoms with Crippen LogP contribution < -0.4 is 5.69 Å². The number of ether oxygens (including phenoxy) is 1. The molecule has 1 aromatic heterocycles. The molecular formula is C18H30N4O3. The Bertz CT molecular complexity index is 617. The van der Waals surface area contributed by atoms with Crippen LogP contribution in [0.3, 0.4) is 0 Å². The van der Waals surface area contributed by atoms with Crippen LogP contribution in [0.25, 0.3) is 0 Å². The van der Waals surface area contributed by atoms with E-state index in [2.05, 4.69) is 42.6 Å². The summed E-state index contributed by atoms with van der Waals surface area (Å²) >= 11 is 0. The second-order valence-corrected chi connectivity index (χ2v) is 7.43. The molecule has 2 atom stereocenters. The number of aliphatic hydroxyl groups excluding tert-OH is 1. The fourth-order valence-electron chi connectivity index (χ4n) is 2.97. The molecule has 0 unspecified atom stereocenters. The molecule has 0 aromatic carbocycles. The molecule has 1 fully saturated rings. The van der Waals surface area contributed by atoms with Crippen LogP contribution in [0.15, 0.2) is 22.1 Å². The third-order valence-corrected chi connectivity index (χ3v) is 3.97. The molecule has 140 valence electrons. The minimum Gasteiger partial charge on any atom is -0.394 e. The van der Waals surface area contributed by atoms with Crippen molar-refractivity contribution in [1.29, 1.82) is 0 Å². The molecule has 0 radical (unpaired) electrons. The summed E-state index contributed by atoms with van der Waals surface area (Å²) in [6.07, 6.45) is 4.34. The monoisotopic (exact) mass is 350 g/mol. The summed E-state index contributed by atoms with van der Waals surface area (Å²) in [4.78, 5) is 22.8. The number of hydrogen-bond acceptors (Lipinski definition) is 5. The number of hydrogen-bond donors (Lipinski definition) is 1. The Morgan fingerprint density at radius 2 is 2.04 bits per heavy atom. The van der Waals surface area contributed by atoms with Crippen molar-refractivity contribution in [3.63, 3.8) is 0 Å². The van der Waals surface area contributed by atoms with E-state index in [4.69, 9.17) is 9.84 Å². The van der Waals surface area contributed by atoms with Gasteiger partial charge in [0, 0.05) is 19.3 Å². The smallest absolute Gasteiger partial charge is 0.351 e. The van der Waals surface area contributed by atoms with Crippen LogP contribution in [0, 0.1) is 11.8 Å². The van der Waals surface area contributed by atoms with Gasteiger partial charge in [-0.1, -0.05) is 27.7 Å². The van der Waals surface area contributed by atoms with Crippen molar-refractivity contribution in [2.45, 2.75) is 52.9 Å². The zero-order valence-corrected chi connectivity index (χ0v) is 15.6. The van der Waals surface area contributed by atoms with Gasteiger partial charge in [0.1, 0.15) is 6.23 Å². The maximum Gasteiger partial charge on any atom is 0.351 e. The highest BCUT2D eigenvalue weighted by molar-refractivity contribution is 5.59. The van der Waals surface area contributed by atoms with Gasteiger partial charge in [0.25, 0.3) is 0 Å². The van der Waals surface area contributed by atoms with Gasteiger partial charge in [0.05, 0.1) is 19.0 Å². The van der Waals surface area contributed by atoms with Crippen LogP contribution in [0.1, 0.15) is 46.8 Å². The summed E-state index contributed by atoms with van der Waals surface area (Å²) < 4.78 is 7.10. The average molecular weight is 350 g/mol. The lowest BCUT2D eigenvalue weighted by atomic mass is 10.1. The minimum atomic E-state index is -0.377. The molecule has 0 bridgehead atoms. The summed E-state index contributed by atoms with van der Waals surface area (Å²) in [5.74, 6) is 1.46. The van der Waals surface area contributed by atoms with Gasteiger partial charge in [-0.2, -0.15) is 4.98 Å². The topological polar surface area (TPSA) is 80.0 Å². The molecule has 1 N–H and O–H groups in total. The quantitative estimate of drug-likeness (QED) is 0.574. The van der Waals surface area contributed by atoms with Gasteiger partial charge in [-0.15, -0.1) is 0 Å². The van der Waals surface area contributed by atoms with Gasteiger partial charge in [-0.05, 0) is 30.7 Å². The van der Waals surface area contributed by atoms with Crippen molar-refractivity contribution in [1.82, 2.24) is 14.5 Å². The molecule has 7 nitrogen and oxygen atoms in total. The molecule has 1 saturated heterocycles. The fraction of sp³-hybridized carbons (Fsp3) is 0.722. The van der Waals surface area contributed by atoms with Gasteiger partial charge >= 0.3 is 5.69 Å². The van der Waals surface area contributed by atoms with Gasteiger partial charge in [-0.25, -0.2) is 9.79 Å². The van der Waals surface area contributed by atoms with Crippen molar-refractivity contribution in [3.8, 4) is 0 Å². The molecule has 0 spiro atoms. The van der Waals surface area contributed by atoms with E-state index in [9.17, 15) is 4.79 Å². The lowest BCUT2D eigenvalue weighted by Gasteiger charge is -2.23. The molecule has 2 heterocycles. The third-order valence-electron chi connectivity index (χ3n) is 3.97. The van der Waals surface area contributed by atoms with E-state index in [-0.39, 0.29) is 24.6 Å². The second-order valence-electron chi connectivity index (χ2n) is 7.43. The van der Waals surface area contributed by atoms with E-state index in [1.54, 1.807) is 18.6 Å². The van der Waals surface area contributed by atoms with Crippen molar-refractivity contribution in [2.75, 3.05) is 19.7 Å². The maximum absolute atomic E-state index is 12.2. The number of aromatic nitrogens is 2. The number of aliphatic hydroxyl groups is 1. The van der Waals surface area contributed by atoms with Crippen LogP contribution in [-0.2, 0) is 4.74 Å². The van der Waals surface area contributed by atoms with Gasteiger partial charge in [-0.3, -0.25) is 4.57 Å². The Kier molecular flexibility index (Phi) is 7.13. The fourth-order valence-corrected chi connectivity index (χ4v) is 2.97. The van der Waals surface area contributed by atoms with Gasteiger partial charge < -0.3 is 14.7 Å². The number of rotatable bonds is 8. The Morgan fingerprint density at radius 1 is 1.36 bits per heavy atom. The van der Waals surface area contributed by atoms with Crippen molar-refractivity contribution in [2.24, 2.45) is 16.8 Å². The Labute approximate surface area is 149 Å². The SMILES string of the molecule is CC(C)CN(/C=N\c1ccn([C@H]2CC[C@@H](CO)O2)c(=O)n1)CC(C)C. The first-order valence-electron chi connectivity index (χ1n) is 9.02. The van der Waals surface area contributed by atoms with E-state index in [0.29, 0.717) is 24.1 Å². The molecule has 7 heteroatoms. The second kappa shape index (κ2) is 9.10. The zero-order chi connectivity index (χ0) is 18.4. The van der Waals surface area contributed by atoms with E-state index < -0.39 is 0 Å². The molecule has 1 aliphatic heterocycles. The maximum atomic E-state index is 12.2. The van der Waals surface area contributed by atoms with Crippen LogP contribution in [0.2, 0.25) is 0 Å². The largest absolute Gasteiger partial charge is 0.394 e. The van der Waals surface area contributed by atoms with Gasteiger partial charge in [0.2, 0.25) is 0 Å². The third kappa shape index (κ3) is 5.93. The highest BCUT2D eigenvalue weighted by Crippen LogP contribution is 2.26. The summed E-state index contributed by atoms with van der Waals surface area (Å²) in [5.41, 5.74) is -0.377. The van der Waals surface area contributed by atoms with E-state index in [1.807, 2.05) is 0 Å². The predicted molar refractivity (Wildman–Crippen MR) is 98.1 cm³/mol. The first-order valence-corrected chi connectivity index (χ1v) is 9.02. The number of nitrogens with zero attached hydrogens (tertiary/aromatic N) is 4.